The fraction of sp³-hybridized carbons (Fsp3) is 0. The quantitative estimate of drug-likeness (QED) is 0.707. The van der Waals surface area contributed by atoms with E-state index in [0.717, 1.165) is 0 Å². The molecule has 3 aromatic rings. The van der Waals surface area contributed by atoms with E-state index in [2.05, 4.69) is 21.2 Å². The van der Waals surface area contributed by atoms with Crippen LogP contribution in [0.5, 0.6) is 5.75 Å². The van der Waals surface area contributed by atoms with Crippen molar-refractivity contribution >= 4 is 22.5 Å². The minimum Gasteiger partial charge on any atom is -0.508 e. The lowest BCUT2D eigenvalue weighted by Crippen LogP contribution is -1.98. The maximum Gasteiger partial charge on any atom is 0.227 e. The Morgan fingerprint density at radius 1 is 1.24 bits per heavy atom. The summed E-state index contributed by atoms with van der Waals surface area (Å²) >= 11 is 0. The Bertz CT molecular complexity index is 871. The number of rotatable bonds is 2. The van der Waals surface area contributed by atoms with Crippen molar-refractivity contribution in [1.29, 1.82) is 0 Å². The van der Waals surface area contributed by atoms with Crippen molar-refractivity contribution in [3.63, 3.8) is 0 Å². The summed E-state index contributed by atoms with van der Waals surface area (Å²) in [7, 11) is 0. The third kappa shape index (κ3) is 2.60. The van der Waals surface area contributed by atoms with E-state index in [4.69, 9.17) is 6.42 Å². The SMILES string of the molecule is C#Cc1cc(F)c2nc(Nc3cccc(O)c3)ncc2c1. The first-order valence-corrected chi connectivity index (χ1v) is 6.15. The Morgan fingerprint density at radius 2 is 2.10 bits per heavy atom. The van der Waals surface area contributed by atoms with Gasteiger partial charge in [0.25, 0.3) is 0 Å². The summed E-state index contributed by atoms with van der Waals surface area (Å²) in [6, 6.07) is 9.40. The van der Waals surface area contributed by atoms with E-state index in [0.29, 0.717) is 16.6 Å². The highest BCUT2D eigenvalue weighted by Gasteiger charge is 2.07. The van der Waals surface area contributed by atoms with Gasteiger partial charge in [0.15, 0.2) is 5.82 Å². The molecule has 1 heterocycles. The second-order valence-electron chi connectivity index (χ2n) is 4.41. The normalized spacial score (nSPS) is 10.3. The molecule has 21 heavy (non-hydrogen) atoms. The number of hydrogen-bond acceptors (Lipinski definition) is 4. The number of terminal acetylenes is 1. The molecule has 0 aliphatic rings. The first-order chi connectivity index (χ1) is 10.2. The average molecular weight is 279 g/mol. The first kappa shape index (κ1) is 12.9. The van der Waals surface area contributed by atoms with Crippen molar-refractivity contribution in [2.24, 2.45) is 0 Å². The topological polar surface area (TPSA) is 58.0 Å². The van der Waals surface area contributed by atoms with Crippen molar-refractivity contribution < 1.29 is 9.50 Å². The molecule has 3 rings (SSSR count). The van der Waals surface area contributed by atoms with E-state index in [9.17, 15) is 9.50 Å². The summed E-state index contributed by atoms with van der Waals surface area (Å²) in [5.41, 5.74) is 1.24. The van der Waals surface area contributed by atoms with E-state index in [1.165, 1.54) is 18.3 Å². The van der Waals surface area contributed by atoms with Gasteiger partial charge in [-0.3, -0.25) is 0 Å². The van der Waals surface area contributed by atoms with E-state index < -0.39 is 5.82 Å². The number of anilines is 2. The van der Waals surface area contributed by atoms with Gasteiger partial charge in [-0.15, -0.1) is 6.42 Å². The number of aromatic hydroxyl groups is 1. The molecule has 0 saturated heterocycles. The highest BCUT2D eigenvalue weighted by molar-refractivity contribution is 5.81. The fourth-order valence-corrected chi connectivity index (χ4v) is 1.96. The highest BCUT2D eigenvalue weighted by Crippen LogP contribution is 2.22. The zero-order valence-corrected chi connectivity index (χ0v) is 10.8. The van der Waals surface area contributed by atoms with Crippen molar-refractivity contribution in [3.8, 4) is 18.1 Å². The summed E-state index contributed by atoms with van der Waals surface area (Å²) in [5.74, 6) is 2.24. The van der Waals surface area contributed by atoms with E-state index in [1.807, 2.05) is 0 Å². The molecule has 2 N–H and O–H groups in total. The number of nitrogens with zero attached hydrogens (tertiary/aromatic N) is 2. The van der Waals surface area contributed by atoms with Gasteiger partial charge < -0.3 is 10.4 Å². The van der Waals surface area contributed by atoms with Crippen molar-refractivity contribution in [3.05, 3.63) is 54.0 Å². The van der Waals surface area contributed by atoms with Gasteiger partial charge in [0.2, 0.25) is 5.95 Å². The number of halogens is 1. The van der Waals surface area contributed by atoms with Crippen molar-refractivity contribution in [2.45, 2.75) is 0 Å². The molecule has 0 aliphatic carbocycles. The Kier molecular flexibility index (Phi) is 3.13. The Balaban J connectivity index is 2.02. The molecule has 1 aromatic heterocycles. The number of nitrogens with one attached hydrogen (secondary N) is 1. The van der Waals surface area contributed by atoms with Gasteiger partial charge in [-0.25, -0.2) is 14.4 Å². The molecule has 0 saturated carbocycles. The van der Waals surface area contributed by atoms with Crippen LogP contribution in [0, 0.1) is 18.2 Å². The lowest BCUT2D eigenvalue weighted by Gasteiger charge is -2.07. The average Bonchev–Trinajstić information content (AvgIpc) is 2.47. The van der Waals surface area contributed by atoms with Crippen LogP contribution in [0.3, 0.4) is 0 Å². The van der Waals surface area contributed by atoms with E-state index >= 15 is 0 Å². The molecule has 5 heteroatoms. The second-order valence-corrected chi connectivity index (χ2v) is 4.41. The summed E-state index contributed by atoms with van der Waals surface area (Å²) in [5, 5.41) is 12.8. The maximum atomic E-state index is 14.0. The van der Waals surface area contributed by atoms with Crippen molar-refractivity contribution in [2.75, 3.05) is 5.32 Å². The van der Waals surface area contributed by atoms with Crippen LogP contribution in [-0.4, -0.2) is 15.1 Å². The monoisotopic (exact) mass is 279 g/mol. The molecule has 0 atom stereocenters. The molecular weight excluding hydrogens is 269 g/mol. The maximum absolute atomic E-state index is 14.0. The molecule has 102 valence electrons. The molecule has 0 fully saturated rings. The number of phenolic OH excluding ortho intramolecular Hbond substituents is 1. The van der Waals surface area contributed by atoms with Crippen LogP contribution in [0.1, 0.15) is 5.56 Å². The standard InChI is InChI=1S/C16H10FN3O/c1-2-10-6-11-9-18-16(20-15(11)14(17)7-10)19-12-4-3-5-13(21)8-12/h1,3-9,21H,(H,18,19,20). The molecule has 0 amide bonds. The fourth-order valence-electron chi connectivity index (χ4n) is 1.96. The van der Waals surface area contributed by atoms with Crippen LogP contribution in [-0.2, 0) is 0 Å². The Hall–Kier alpha value is -3.13. The van der Waals surface area contributed by atoms with Crippen LogP contribution in [0.2, 0.25) is 0 Å². The molecule has 2 aromatic carbocycles. The summed E-state index contributed by atoms with van der Waals surface area (Å²) < 4.78 is 14.0. The third-order valence-corrected chi connectivity index (χ3v) is 2.91. The van der Waals surface area contributed by atoms with Gasteiger partial charge in [-0.05, 0) is 24.3 Å². The van der Waals surface area contributed by atoms with Crippen LogP contribution in [0.4, 0.5) is 16.0 Å². The smallest absolute Gasteiger partial charge is 0.227 e. The van der Waals surface area contributed by atoms with E-state index in [1.54, 1.807) is 24.3 Å². The van der Waals surface area contributed by atoms with E-state index in [-0.39, 0.29) is 17.2 Å². The minimum atomic E-state index is -0.498. The summed E-state index contributed by atoms with van der Waals surface area (Å²) in [6.45, 7) is 0. The number of hydrogen-bond donors (Lipinski definition) is 2. The zero-order chi connectivity index (χ0) is 14.8. The van der Waals surface area contributed by atoms with Crippen molar-refractivity contribution in [1.82, 2.24) is 9.97 Å². The molecule has 0 bridgehead atoms. The molecule has 4 nitrogen and oxygen atoms in total. The highest BCUT2D eigenvalue weighted by atomic mass is 19.1. The van der Waals surface area contributed by atoms with Crippen LogP contribution < -0.4 is 5.32 Å². The number of benzene rings is 2. The lowest BCUT2D eigenvalue weighted by molar-refractivity contribution is 0.475. The second kappa shape index (κ2) is 5.10. The molecule has 0 unspecified atom stereocenters. The van der Waals surface area contributed by atoms with Crippen LogP contribution in [0.15, 0.2) is 42.6 Å². The van der Waals surface area contributed by atoms with Gasteiger partial charge in [-0.1, -0.05) is 12.0 Å². The summed E-state index contributed by atoms with van der Waals surface area (Å²) in [4.78, 5) is 8.24. The minimum absolute atomic E-state index is 0.116. The molecular formula is C16H10FN3O. The van der Waals surface area contributed by atoms with Gasteiger partial charge >= 0.3 is 0 Å². The summed E-state index contributed by atoms with van der Waals surface area (Å²) in [6.07, 6.45) is 6.76. The largest absolute Gasteiger partial charge is 0.508 e. The van der Waals surface area contributed by atoms with Crippen LogP contribution in [0.25, 0.3) is 10.9 Å². The molecule has 0 radical (unpaired) electrons. The Morgan fingerprint density at radius 3 is 2.86 bits per heavy atom. The number of aromatic nitrogens is 2. The molecule has 0 aliphatic heterocycles. The Labute approximate surface area is 120 Å². The third-order valence-electron chi connectivity index (χ3n) is 2.91. The zero-order valence-electron chi connectivity index (χ0n) is 10.8. The van der Waals surface area contributed by atoms with Gasteiger partial charge in [-0.2, -0.15) is 0 Å². The predicted octanol–water partition coefficient (Wildman–Crippen LogP) is 3.20. The van der Waals surface area contributed by atoms with Gasteiger partial charge in [0.05, 0.1) is 0 Å². The van der Waals surface area contributed by atoms with Gasteiger partial charge in [0, 0.05) is 28.9 Å². The lowest BCUT2D eigenvalue weighted by atomic mass is 10.1. The first-order valence-electron chi connectivity index (χ1n) is 6.15. The number of fused-ring (bicyclic) bond motifs is 1. The predicted molar refractivity (Wildman–Crippen MR) is 78.8 cm³/mol. The number of phenols is 1. The van der Waals surface area contributed by atoms with Gasteiger partial charge in [0.1, 0.15) is 11.3 Å². The van der Waals surface area contributed by atoms with Crippen LogP contribution >= 0.6 is 0 Å². The molecule has 0 spiro atoms.